The first-order chi connectivity index (χ1) is 12.7. The van der Waals surface area contributed by atoms with E-state index in [2.05, 4.69) is 45.6 Å². The van der Waals surface area contributed by atoms with Crippen molar-refractivity contribution in [3.8, 4) is 5.69 Å². The summed E-state index contributed by atoms with van der Waals surface area (Å²) in [6.07, 6.45) is 6.36. The number of nitrogens with one attached hydrogen (secondary N) is 2. The van der Waals surface area contributed by atoms with E-state index >= 15 is 0 Å². The van der Waals surface area contributed by atoms with E-state index in [1.807, 2.05) is 30.5 Å². The molecular formula is C20H19N5O. The highest BCUT2D eigenvalue weighted by Crippen LogP contribution is 2.21. The summed E-state index contributed by atoms with van der Waals surface area (Å²) < 4.78 is 1.80. The molecule has 0 spiro atoms. The van der Waals surface area contributed by atoms with Crippen molar-refractivity contribution in [2.24, 2.45) is 0 Å². The smallest absolute Gasteiger partial charge is 0.224 e. The average molecular weight is 345 g/mol. The fourth-order valence-corrected chi connectivity index (χ4v) is 3.05. The number of anilines is 1. The van der Waals surface area contributed by atoms with Gasteiger partial charge in [0.05, 0.1) is 5.69 Å². The van der Waals surface area contributed by atoms with Crippen LogP contribution in [0.2, 0.25) is 0 Å². The minimum absolute atomic E-state index is 0.00657. The van der Waals surface area contributed by atoms with E-state index in [9.17, 15) is 4.79 Å². The lowest BCUT2D eigenvalue weighted by Gasteiger charge is -2.07. The molecule has 4 rings (SSSR count). The maximum Gasteiger partial charge on any atom is 0.224 e. The van der Waals surface area contributed by atoms with Gasteiger partial charge in [0.1, 0.15) is 12.7 Å². The van der Waals surface area contributed by atoms with Gasteiger partial charge in [0, 0.05) is 29.2 Å². The van der Waals surface area contributed by atoms with Crippen molar-refractivity contribution in [3.05, 3.63) is 72.4 Å². The van der Waals surface area contributed by atoms with Gasteiger partial charge in [-0.25, -0.2) is 0 Å². The summed E-state index contributed by atoms with van der Waals surface area (Å²) >= 11 is 0. The second-order valence-corrected chi connectivity index (χ2v) is 6.33. The molecule has 2 aromatic carbocycles. The molecule has 26 heavy (non-hydrogen) atoms. The topological polar surface area (TPSA) is 75.6 Å². The van der Waals surface area contributed by atoms with Crippen LogP contribution in [0.5, 0.6) is 0 Å². The third-order valence-electron chi connectivity index (χ3n) is 4.39. The maximum absolute atomic E-state index is 12.4. The van der Waals surface area contributed by atoms with E-state index in [4.69, 9.17) is 0 Å². The zero-order valence-corrected chi connectivity index (χ0v) is 14.4. The number of amides is 1. The van der Waals surface area contributed by atoms with Crippen LogP contribution in [0.1, 0.15) is 17.5 Å². The van der Waals surface area contributed by atoms with Crippen molar-refractivity contribution >= 4 is 22.5 Å². The number of aromatic amines is 1. The number of hydrogen-bond donors (Lipinski definition) is 2. The highest BCUT2D eigenvalue weighted by atomic mass is 16.1. The SMILES string of the molecule is Cc1ccc2[nH]cc(CCC(=O)Nc3cccc(-n4cnnc4)c3)c2c1. The molecule has 0 saturated carbocycles. The summed E-state index contributed by atoms with van der Waals surface area (Å²) in [5, 5.41) is 11.8. The summed E-state index contributed by atoms with van der Waals surface area (Å²) in [4.78, 5) is 15.6. The van der Waals surface area contributed by atoms with Crippen molar-refractivity contribution in [3.63, 3.8) is 0 Å². The minimum atomic E-state index is -0.00657. The molecular weight excluding hydrogens is 326 g/mol. The van der Waals surface area contributed by atoms with Gasteiger partial charge in [-0.15, -0.1) is 10.2 Å². The number of hydrogen-bond acceptors (Lipinski definition) is 3. The van der Waals surface area contributed by atoms with Crippen molar-refractivity contribution in [2.45, 2.75) is 19.8 Å². The van der Waals surface area contributed by atoms with Crippen LogP contribution < -0.4 is 5.32 Å². The van der Waals surface area contributed by atoms with Crippen molar-refractivity contribution < 1.29 is 4.79 Å². The number of H-pyrrole nitrogens is 1. The summed E-state index contributed by atoms with van der Waals surface area (Å²) in [5.74, 6) is -0.00657. The predicted molar refractivity (Wildman–Crippen MR) is 101 cm³/mol. The molecule has 0 bridgehead atoms. The van der Waals surface area contributed by atoms with Gasteiger partial charge in [-0.2, -0.15) is 0 Å². The molecule has 2 aromatic heterocycles. The van der Waals surface area contributed by atoms with Crippen LogP contribution in [0.25, 0.3) is 16.6 Å². The summed E-state index contributed by atoms with van der Waals surface area (Å²) in [7, 11) is 0. The number of nitrogens with zero attached hydrogens (tertiary/aromatic N) is 3. The fourth-order valence-electron chi connectivity index (χ4n) is 3.05. The Balaban J connectivity index is 1.42. The number of carbonyl (C=O) groups excluding carboxylic acids is 1. The monoisotopic (exact) mass is 345 g/mol. The molecule has 0 aliphatic carbocycles. The van der Waals surface area contributed by atoms with Crippen LogP contribution in [0.15, 0.2) is 61.3 Å². The van der Waals surface area contributed by atoms with Crippen molar-refractivity contribution in [1.29, 1.82) is 0 Å². The largest absolute Gasteiger partial charge is 0.361 e. The molecule has 0 saturated heterocycles. The Bertz CT molecular complexity index is 1050. The van der Waals surface area contributed by atoms with Gasteiger partial charge in [-0.3, -0.25) is 9.36 Å². The van der Waals surface area contributed by atoms with E-state index in [0.717, 1.165) is 22.5 Å². The molecule has 1 amide bonds. The van der Waals surface area contributed by atoms with Gasteiger partial charge in [0.2, 0.25) is 5.91 Å². The second-order valence-electron chi connectivity index (χ2n) is 6.33. The van der Waals surface area contributed by atoms with Gasteiger partial charge >= 0.3 is 0 Å². The molecule has 0 aliphatic rings. The lowest BCUT2D eigenvalue weighted by Crippen LogP contribution is -2.12. The number of aromatic nitrogens is 4. The van der Waals surface area contributed by atoms with Crippen LogP contribution in [-0.2, 0) is 11.2 Å². The van der Waals surface area contributed by atoms with Gasteiger partial charge in [0.15, 0.2) is 0 Å². The van der Waals surface area contributed by atoms with Crippen LogP contribution in [0.3, 0.4) is 0 Å². The normalized spacial score (nSPS) is 11.0. The maximum atomic E-state index is 12.4. The first kappa shape index (κ1) is 16.1. The van der Waals surface area contributed by atoms with E-state index in [-0.39, 0.29) is 5.91 Å². The van der Waals surface area contributed by atoms with Crippen LogP contribution in [0, 0.1) is 6.92 Å². The van der Waals surface area contributed by atoms with E-state index in [1.54, 1.807) is 17.2 Å². The highest BCUT2D eigenvalue weighted by Gasteiger charge is 2.08. The van der Waals surface area contributed by atoms with Gasteiger partial charge in [-0.05, 0) is 49.2 Å². The number of rotatable bonds is 5. The van der Waals surface area contributed by atoms with E-state index in [0.29, 0.717) is 12.8 Å². The van der Waals surface area contributed by atoms with Crippen LogP contribution in [0.4, 0.5) is 5.69 Å². The standard InChI is InChI=1S/C20H19N5O/c1-14-5-7-19-18(9-14)15(11-21-19)6-8-20(26)24-16-3-2-4-17(10-16)25-12-22-23-13-25/h2-5,7,9-13,21H,6,8H2,1H3,(H,24,26). The van der Waals surface area contributed by atoms with Gasteiger partial charge in [-0.1, -0.05) is 17.7 Å². The van der Waals surface area contributed by atoms with E-state index < -0.39 is 0 Å². The van der Waals surface area contributed by atoms with E-state index in [1.165, 1.54) is 10.9 Å². The number of carbonyl (C=O) groups is 1. The molecule has 6 nitrogen and oxygen atoms in total. The van der Waals surface area contributed by atoms with Crippen molar-refractivity contribution in [2.75, 3.05) is 5.32 Å². The molecule has 2 N–H and O–H groups in total. The molecule has 0 fully saturated rings. The Kier molecular flexibility index (Phi) is 4.23. The number of aryl methyl sites for hydroxylation is 2. The third-order valence-corrected chi connectivity index (χ3v) is 4.39. The molecule has 0 aliphatic heterocycles. The predicted octanol–water partition coefficient (Wildman–Crippen LogP) is 3.63. The van der Waals surface area contributed by atoms with Crippen LogP contribution >= 0.6 is 0 Å². The van der Waals surface area contributed by atoms with Crippen LogP contribution in [-0.4, -0.2) is 25.7 Å². The van der Waals surface area contributed by atoms with Gasteiger partial charge in [0.25, 0.3) is 0 Å². The fraction of sp³-hybridized carbons (Fsp3) is 0.150. The number of fused-ring (bicyclic) bond motifs is 1. The minimum Gasteiger partial charge on any atom is -0.361 e. The van der Waals surface area contributed by atoms with Gasteiger partial charge < -0.3 is 10.3 Å². The molecule has 0 atom stereocenters. The number of benzene rings is 2. The molecule has 4 aromatic rings. The molecule has 0 unspecified atom stereocenters. The Morgan fingerprint density at radius 1 is 1.15 bits per heavy atom. The molecule has 130 valence electrons. The molecule has 6 heteroatoms. The summed E-state index contributed by atoms with van der Waals surface area (Å²) in [6, 6.07) is 13.9. The van der Waals surface area contributed by atoms with Crippen molar-refractivity contribution in [1.82, 2.24) is 19.7 Å². The highest BCUT2D eigenvalue weighted by molar-refractivity contribution is 5.92. The third kappa shape index (κ3) is 3.35. The second kappa shape index (κ2) is 6.84. The zero-order valence-electron chi connectivity index (χ0n) is 14.4. The molecule has 0 radical (unpaired) electrons. The summed E-state index contributed by atoms with van der Waals surface area (Å²) in [6.45, 7) is 2.08. The molecule has 2 heterocycles. The Morgan fingerprint density at radius 2 is 2.00 bits per heavy atom. The Hall–Kier alpha value is -3.41. The Labute approximate surface area is 150 Å². The Morgan fingerprint density at radius 3 is 2.85 bits per heavy atom. The lowest BCUT2D eigenvalue weighted by atomic mass is 10.1. The lowest BCUT2D eigenvalue weighted by molar-refractivity contribution is -0.116. The summed E-state index contributed by atoms with van der Waals surface area (Å²) in [5.41, 5.74) is 5.15. The first-order valence-electron chi connectivity index (χ1n) is 8.50. The quantitative estimate of drug-likeness (QED) is 0.580. The first-order valence-corrected chi connectivity index (χ1v) is 8.50. The average Bonchev–Trinajstić information content (AvgIpc) is 3.30. The zero-order chi connectivity index (χ0) is 17.9.